The van der Waals surface area contributed by atoms with Gasteiger partial charge in [0.2, 0.25) is 0 Å². The second-order valence-corrected chi connectivity index (χ2v) is 4.63. The van der Waals surface area contributed by atoms with Crippen LogP contribution in [0.3, 0.4) is 0 Å². The van der Waals surface area contributed by atoms with E-state index in [9.17, 15) is 9.59 Å². The number of amides is 1. The first-order valence-corrected chi connectivity index (χ1v) is 6.24. The number of hydrogen-bond acceptors (Lipinski definition) is 3. The smallest absolute Gasteiger partial charge is 0.256 e. The molecule has 2 rings (SSSR count). The highest BCUT2D eigenvalue weighted by Gasteiger charge is 2.22. The van der Waals surface area contributed by atoms with Gasteiger partial charge in [-0.05, 0) is 25.7 Å². The molecule has 0 bridgehead atoms. The Bertz CT molecular complexity index is 463. The molecular weight excluding hydrogens is 232 g/mol. The number of rotatable bonds is 3. The number of ether oxygens (including phenoxy) is 1. The van der Waals surface area contributed by atoms with E-state index >= 15 is 0 Å². The second kappa shape index (κ2) is 5.82. The molecule has 0 aromatic carbocycles. The lowest BCUT2D eigenvalue weighted by atomic mass is 9.93. The van der Waals surface area contributed by atoms with Crippen molar-refractivity contribution in [3.05, 3.63) is 34.2 Å². The van der Waals surface area contributed by atoms with Crippen molar-refractivity contribution >= 4 is 5.91 Å². The fourth-order valence-corrected chi connectivity index (χ4v) is 2.21. The first-order valence-electron chi connectivity index (χ1n) is 6.24. The van der Waals surface area contributed by atoms with Crippen molar-refractivity contribution in [2.45, 2.75) is 25.8 Å². The largest absolute Gasteiger partial charge is 0.381 e. The standard InChI is InChI=1S/C13H18N2O3/c1-9(10-3-6-18-7-4-10)15-13(17)11-8-14-5-2-12(11)16/h2,5,8-10H,3-4,6-7H2,1H3,(H,14,16)(H,15,17). The zero-order valence-corrected chi connectivity index (χ0v) is 10.4. The zero-order chi connectivity index (χ0) is 13.0. The summed E-state index contributed by atoms with van der Waals surface area (Å²) in [5, 5.41) is 2.89. The van der Waals surface area contributed by atoms with Crippen LogP contribution in [0.2, 0.25) is 0 Å². The van der Waals surface area contributed by atoms with Crippen molar-refractivity contribution in [2.24, 2.45) is 5.92 Å². The second-order valence-electron chi connectivity index (χ2n) is 4.63. The Morgan fingerprint density at radius 2 is 2.22 bits per heavy atom. The summed E-state index contributed by atoms with van der Waals surface area (Å²) in [6.45, 7) is 3.47. The highest BCUT2D eigenvalue weighted by atomic mass is 16.5. The molecule has 5 heteroatoms. The molecule has 5 nitrogen and oxygen atoms in total. The summed E-state index contributed by atoms with van der Waals surface area (Å²) < 4.78 is 5.29. The fourth-order valence-electron chi connectivity index (χ4n) is 2.21. The molecule has 0 aliphatic carbocycles. The summed E-state index contributed by atoms with van der Waals surface area (Å²) in [7, 11) is 0. The normalized spacial score (nSPS) is 18.3. The van der Waals surface area contributed by atoms with Gasteiger partial charge in [-0.2, -0.15) is 0 Å². The summed E-state index contributed by atoms with van der Waals surface area (Å²) in [6, 6.07) is 1.41. The van der Waals surface area contributed by atoms with E-state index in [0.717, 1.165) is 26.1 Å². The van der Waals surface area contributed by atoms with Crippen LogP contribution in [-0.4, -0.2) is 30.1 Å². The van der Waals surface area contributed by atoms with Gasteiger partial charge in [0.1, 0.15) is 5.56 Å². The first-order chi connectivity index (χ1) is 8.68. The van der Waals surface area contributed by atoms with Crippen LogP contribution in [0, 0.1) is 5.92 Å². The van der Waals surface area contributed by atoms with E-state index in [4.69, 9.17) is 4.74 Å². The molecule has 0 spiro atoms. The van der Waals surface area contributed by atoms with E-state index in [2.05, 4.69) is 10.3 Å². The van der Waals surface area contributed by atoms with Crippen molar-refractivity contribution in [2.75, 3.05) is 13.2 Å². The number of carbonyl (C=O) groups excluding carboxylic acids is 1. The highest BCUT2D eigenvalue weighted by Crippen LogP contribution is 2.18. The van der Waals surface area contributed by atoms with Crippen LogP contribution in [0.4, 0.5) is 0 Å². The molecule has 0 radical (unpaired) electrons. The van der Waals surface area contributed by atoms with Crippen LogP contribution in [-0.2, 0) is 4.74 Å². The number of hydrogen-bond donors (Lipinski definition) is 2. The van der Waals surface area contributed by atoms with Crippen LogP contribution in [0.15, 0.2) is 23.3 Å². The van der Waals surface area contributed by atoms with Crippen molar-refractivity contribution in [1.82, 2.24) is 10.3 Å². The molecule has 0 saturated carbocycles. The van der Waals surface area contributed by atoms with E-state index < -0.39 is 0 Å². The molecule has 1 saturated heterocycles. The molecule has 98 valence electrons. The maximum atomic E-state index is 12.0. The van der Waals surface area contributed by atoms with Crippen LogP contribution >= 0.6 is 0 Å². The van der Waals surface area contributed by atoms with E-state index in [1.165, 1.54) is 18.5 Å². The summed E-state index contributed by atoms with van der Waals surface area (Å²) in [5.41, 5.74) is -0.0955. The maximum Gasteiger partial charge on any atom is 0.256 e. The SMILES string of the molecule is CC(NC(=O)c1c[nH]ccc1=O)C1CCOCC1. The number of H-pyrrole nitrogens is 1. The Kier molecular flexibility index (Phi) is 4.15. The Hall–Kier alpha value is -1.62. The molecule has 1 fully saturated rings. The van der Waals surface area contributed by atoms with Gasteiger partial charge in [-0.25, -0.2) is 0 Å². The van der Waals surface area contributed by atoms with Crippen LogP contribution in [0.5, 0.6) is 0 Å². The number of aromatic amines is 1. The molecule has 1 aromatic rings. The summed E-state index contributed by atoms with van der Waals surface area (Å²) >= 11 is 0. The number of nitrogens with one attached hydrogen (secondary N) is 2. The van der Waals surface area contributed by atoms with Gasteiger partial charge in [-0.1, -0.05) is 0 Å². The Labute approximate surface area is 106 Å². The Morgan fingerprint density at radius 3 is 2.89 bits per heavy atom. The average Bonchev–Trinajstić information content (AvgIpc) is 2.40. The van der Waals surface area contributed by atoms with Gasteiger partial charge in [0, 0.05) is 37.7 Å². The molecule has 1 amide bonds. The Morgan fingerprint density at radius 1 is 1.50 bits per heavy atom. The van der Waals surface area contributed by atoms with Gasteiger partial charge in [0.25, 0.3) is 5.91 Å². The van der Waals surface area contributed by atoms with Crippen LogP contribution < -0.4 is 10.7 Å². The molecule has 2 N–H and O–H groups in total. The lowest BCUT2D eigenvalue weighted by Gasteiger charge is -2.28. The highest BCUT2D eigenvalue weighted by molar-refractivity contribution is 5.93. The van der Waals surface area contributed by atoms with Gasteiger partial charge in [-0.15, -0.1) is 0 Å². The van der Waals surface area contributed by atoms with Crippen molar-refractivity contribution < 1.29 is 9.53 Å². The first kappa shape index (κ1) is 12.8. The number of carbonyl (C=O) groups is 1. The lowest BCUT2D eigenvalue weighted by Crippen LogP contribution is -2.41. The average molecular weight is 250 g/mol. The van der Waals surface area contributed by atoms with E-state index in [1.54, 1.807) is 0 Å². The van der Waals surface area contributed by atoms with Crippen molar-refractivity contribution in [1.29, 1.82) is 0 Å². The van der Waals surface area contributed by atoms with Crippen molar-refractivity contribution in [3.63, 3.8) is 0 Å². The molecular formula is C13H18N2O3. The van der Waals surface area contributed by atoms with E-state index in [1.807, 2.05) is 6.92 Å². The van der Waals surface area contributed by atoms with Gasteiger partial charge < -0.3 is 15.0 Å². The van der Waals surface area contributed by atoms with Gasteiger partial charge in [-0.3, -0.25) is 9.59 Å². The molecule has 1 aromatic heterocycles. The van der Waals surface area contributed by atoms with Crippen molar-refractivity contribution in [3.8, 4) is 0 Å². The minimum atomic E-state index is -0.309. The molecule has 1 unspecified atom stereocenters. The summed E-state index contributed by atoms with van der Waals surface area (Å²) in [4.78, 5) is 26.2. The molecule has 1 atom stereocenters. The zero-order valence-electron chi connectivity index (χ0n) is 10.4. The third-order valence-electron chi connectivity index (χ3n) is 3.40. The minimum absolute atomic E-state index is 0.0565. The molecule has 1 aliphatic rings. The predicted octanol–water partition coefficient (Wildman–Crippen LogP) is 0.920. The van der Waals surface area contributed by atoms with E-state index in [0.29, 0.717) is 5.92 Å². The van der Waals surface area contributed by atoms with Gasteiger partial charge >= 0.3 is 0 Å². The number of aromatic nitrogens is 1. The predicted molar refractivity (Wildman–Crippen MR) is 67.5 cm³/mol. The molecule has 1 aliphatic heterocycles. The fraction of sp³-hybridized carbons (Fsp3) is 0.538. The van der Waals surface area contributed by atoms with Gasteiger partial charge in [0.15, 0.2) is 5.43 Å². The molecule has 18 heavy (non-hydrogen) atoms. The van der Waals surface area contributed by atoms with Gasteiger partial charge in [0.05, 0.1) is 0 Å². The minimum Gasteiger partial charge on any atom is -0.381 e. The quantitative estimate of drug-likeness (QED) is 0.838. The summed E-state index contributed by atoms with van der Waals surface area (Å²) in [5.74, 6) is 0.112. The van der Waals surface area contributed by atoms with Crippen LogP contribution in [0.1, 0.15) is 30.1 Å². The Balaban J connectivity index is 1.98. The third kappa shape index (κ3) is 2.98. The topological polar surface area (TPSA) is 71.2 Å². The monoisotopic (exact) mass is 250 g/mol. The molecule has 2 heterocycles. The van der Waals surface area contributed by atoms with E-state index in [-0.39, 0.29) is 22.9 Å². The van der Waals surface area contributed by atoms with Crippen LogP contribution in [0.25, 0.3) is 0 Å². The summed E-state index contributed by atoms with van der Waals surface area (Å²) in [6.07, 6.45) is 4.86. The third-order valence-corrected chi connectivity index (χ3v) is 3.40. The number of pyridine rings is 1. The lowest BCUT2D eigenvalue weighted by molar-refractivity contribution is 0.0538. The maximum absolute atomic E-state index is 12.0.